The molecule has 2 heterocycles. The Hall–Kier alpha value is -1.91. The first-order valence-corrected chi connectivity index (χ1v) is 5.53. The summed E-state index contributed by atoms with van der Waals surface area (Å²) in [7, 11) is 0. The lowest BCUT2D eigenvalue weighted by Crippen LogP contribution is -2.05. The molecule has 0 amide bonds. The predicted octanol–water partition coefficient (Wildman–Crippen LogP) is 2.41. The molecule has 17 heavy (non-hydrogen) atoms. The lowest BCUT2D eigenvalue weighted by Gasteiger charge is -2.08. The molecule has 0 aliphatic heterocycles. The Morgan fingerprint density at radius 3 is 3.12 bits per heavy atom. The minimum Gasteiger partial charge on any atom is -0.483 e. The van der Waals surface area contributed by atoms with E-state index in [-0.39, 0.29) is 5.75 Å². The highest BCUT2D eigenvalue weighted by atomic mass is 19.1. The van der Waals surface area contributed by atoms with Gasteiger partial charge in [0.1, 0.15) is 6.61 Å². The summed E-state index contributed by atoms with van der Waals surface area (Å²) < 4.78 is 20.6. The maximum Gasteiger partial charge on any atom is 0.255 e. The molecule has 4 nitrogen and oxygen atoms in total. The summed E-state index contributed by atoms with van der Waals surface area (Å²) in [6.07, 6.45) is 5.89. The summed E-state index contributed by atoms with van der Waals surface area (Å²) in [6.45, 7) is 3.27. The zero-order valence-corrected chi connectivity index (χ0v) is 9.64. The summed E-state index contributed by atoms with van der Waals surface area (Å²) in [6, 6.07) is 3.20. The molecule has 0 N–H and O–H groups in total. The number of hydrogen-bond acceptors (Lipinski definition) is 3. The van der Waals surface area contributed by atoms with Crippen LogP contribution in [0.15, 0.2) is 30.9 Å². The molecule has 2 rings (SSSR count). The fourth-order valence-corrected chi connectivity index (χ4v) is 1.54. The van der Waals surface area contributed by atoms with Crippen LogP contribution in [0.25, 0.3) is 0 Å². The van der Waals surface area contributed by atoms with Crippen LogP contribution in [0.2, 0.25) is 0 Å². The van der Waals surface area contributed by atoms with Gasteiger partial charge < -0.3 is 9.30 Å². The van der Waals surface area contributed by atoms with Crippen molar-refractivity contribution < 1.29 is 9.13 Å². The predicted molar refractivity (Wildman–Crippen MR) is 61.0 cm³/mol. The van der Waals surface area contributed by atoms with E-state index >= 15 is 0 Å². The molecule has 0 spiro atoms. The van der Waals surface area contributed by atoms with Crippen LogP contribution in [0.1, 0.15) is 19.0 Å². The molecule has 2 aromatic heterocycles. The summed E-state index contributed by atoms with van der Waals surface area (Å²) >= 11 is 0. The summed E-state index contributed by atoms with van der Waals surface area (Å²) in [5, 5.41) is 0. The third-order valence-electron chi connectivity index (χ3n) is 2.36. The van der Waals surface area contributed by atoms with Crippen LogP contribution in [0.5, 0.6) is 5.75 Å². The van der Waals surface area contributed by atoms with E-state index < -0.39 is 5.95 Å². The standard InChI is InChI=1S/C12H14FN3O/c1-2-6-16-9-14-7-10(16)8-17-11-4-3-5-15-12(11)13/h3-5,7,9H,2,6,8H2,1H3. The van der Waals surface area contributed by atoms with Crippen LogP contribution < -0.4 is 4.74 Å². The van der Waals surface area contributed by atoms with Gasteiger partial charge >= 0.3 is 0 Å². The number of rotatable bonds is 5. The van der Waals surface area contributed by atoms with E-state index in [0.717, 1.165) is 18.7 Å². The van der Waals surface area contributed by atoms with Crippen molar-refractivity contribution in [1.82, 2.24) is 14.5 Å². The molecule has 5 heteroatoms. The molecule has 0 atom stereocenters. The van der Waals surface area contributed by atoms with Crippen molar-refractivity contribution >= 4 is 0 Å². The van der Waals surface area contributed by atoms with Gasteiger partial charge in [-0.05, 0) is 18.6 Å². The van der Waals surface area contributed by atoms with Gasteiger partial charge in [-0.25, -0.2) is 9.97 Å². The number of nitrogens with zero attached hydrogens (tertiary/aromatic N) is 3. The van der Waals surface area contributed by atoms with Crippen molar-refractivity contribution in [3.63, 3.8) is 0 Å². The van der Waals surface area contributed by atoms with Gasteiger partial charge in [0.2, 0.25) is 0 Å². The lowest BCUT2D eigenvalue weighted by molar-refractivity contribution is 0.276. The smallest absolute Gasteiger partial charge is 0.255 e. The third-order valence-corrected chi connectivity index (χ3v) is 2.36. The maximum absolute atomic E-state index is 13.2. The second-order valence-corrected chi connectivity index (χ2v) is 3.66. The van der Waals surface area contributed by atoms with Crippen LogP contribution in [0, 0.1) is 5.95 Å². The molecular weight excluding hydrogens is 221 g/mol. The first kappa shape index (κ1) is 11.6. The number of imidazole rings is 1. The SMILES string of the molecule is CCCn1cncc1COc1cccnc1F. The minimum absolute atomic E-state index is 0.164. The molecule has 0 aromatic carbocycles. The molecule has 0 aliphatic rings. The summed E-state index contributed by atoms with van der Waals surface area (Å²) in [4.78, 5) is 7.57. The molecular formula is C12H14FN3O. The number of aromatic nitrogens is 3. The minimum atomic E-state index is -0.589. The fourth-order valence-electron chi connectivity index (χ4n) is 1.54. The average molecular weight is 235 g/mol. The Kier molecular flexibility index (Phi) is 3.69. The molecule has 0 aliphatic carbocycles. The van der Waals surface area contributed by atoms with Crippen molar-refractivity contribution in [2.24, 2.45) is 0 Å². The van der Waals surface area contributed by atoms with E-state index in [1.807, 2.05) is 4.57 Å². The number of halogens is 1. The quantitative estimate of drug-likeness (QED) is 0.747. The Morgan fingerprint density at radius 1 is 1.47 bits per heavy atom. The normalized spacial score (nSPS) is 10.5. The summed E-state index contributed by atoms with van der Waals surface area (Å²) in [5.74, 6) is -0.425. The molecule has 2 aromatic rings. The molecule has 90 valence electrons. The van der Waals surface area contributed by atoms with E-state index in [4.69, 9.17) is 4.74 Å². The molecule has 0 unspecified atom stereocenters. The fraction of sp³-hybridized carbons (Fsp3) is 0.333. The van der Waals surface area contributed by atoms with E-state index in [1.165, 1.54) is 6.20 Å². The van der Waals surface area contributed by atoms with Gasteiger partial charge in [-0.1, -0.05) is 6.92 Å². The van der Waals surface area contributed by atoms with Crippen molar-refractivity contribution in [2.45, 2.75) is 26.5 Å². The van der Waals surface area contributed by atoms with Crippen molar-refractivity contribution in [3.05, 3.63) is 42.5 Å². The van der Waals surface area contributed by atoms with Crippen LogP contribution in [0.4, 0.5) is 4.39 Å². The average Bonchev–Trinajstić information content (AvgIpc) is 2.76. The van der Waals surface area contributed by atoms with E-state index in [9.17, 15) is 4.39 Å². The molecule has 0 saturated heterocycles. The van der Waals surface area contributed by atoms with Crippen LogP contribution in [0.3, 0.4) is 0 Å². The van der Waals surface area contributed by atoms with Gasteiger partial charge in [0.05, 0.1) is 18.2 Å². The Bertz CT molecular complexity index is 484. The number of aryl methyl sites for hydroxylation is 1. The van der Waals surface area contributed by atoms with Gasteiger partial charge in [-0.2, -0.15) is 4.39 Å². The highest BCUT2D eigenvalue weighted by Crippen LogP contribution is 2.15. The van der Waals surface area contributed by atoms with E-state index in [0.29, 0.717) is 6.61 Å². The second-order valence-electron chi connectivity index (χ2n) is 3.66. The van der Waals surface area contributed by atoms with Crippen molar-refractivity contribution in [3.8, 4) is 5.75 Å². The lowest BCUT2D eigenvalue weighted by atomic mass is 10.4. The number of ether oxygens (including phenoxy) is 1. The Morgan fingerprint density at radius 2 is 2.35 bits per heavy atom. The van der Waals surface area contributed by atoms with Gasteiger partial charge in [0.15, 0.2) is 5.75 Å². The molecule has 0 fully saturated rings. The highest BCUT2D eigenvalue weighted by Gasteiger charge is 2.06. The topological polar surface area (TPSA) is 39.9 Å². The van der Waals surface area contributed by atoms with Crippen LogP contribution in [-0.2, 0) is 13.2 Å². The van der Waals surface area contributed by atoms with E-state index in [2.05, 4.69) is 16.9 Å². The van der Waals surface area contributed by atoms with Gasteiger partial charge in [0.25, 0.3) is 5.95 Å². The van der Waals surface area contributed by atoms with Crippen molar-refractivity contribution in [1.29, 1.82) is 0 Å². The van der Waals surface area contributed by atoms with Crippen molar-refractivity contribution in [2.75, 3.05) is 0 Å². The third kappa shape index (κ3) is 2.81. The molecule has 0 bridgehead atoms. The van der Waals surface area contributed by atoms with Gasteiger partial charge in [0, 0.05) is 12.7 Å². The van der Waals surface area contributed by atoms with E-state index in [1.54, 1.807) is 24.7 Å². The van der Waals surface area contributed by atoms with Crippen LogP contribution in [-0.4, -0.2) is 14.5 Å². The zero-order valence-electron chi connectivity index (χ0n) is 9.64. The maximum atomic E-state index is 13.2. The Balaban J connectivity index is 2.02. The highest BCUT2D eigenvalue weighted by molar-refractivity contribution is 5.18. The van der Waals surface area contributed by atoms with Gasteiger partial charge in [-0.3, -0.25) is 0 Å². The van der Waals surface area contributed by atoms with Gasteiger partial charge in [-0.15, -0.1) is 0 Å². The molecule has 0 saturated carbocycles. The number of hydrogen-bond donors (Lipinski definition) is 0. The first-order chi connectivity index (χ1) is 8.31. The largest absolute Gasteiger partial charge is 0.483 e. The Labute approximate surface area is 99.1 Å². The zero-order chi connectivity index (χ0) is 12.1. The second kappa shape index (κ2) is 5.43. The number of pyridine rings is 1. The van der Waals surface area contributed by atoms with Crippen LogP contribution >= 0.6 is 0 Å². The first-order valence-electron chi connectivity index (χ1n) is 5.53. The molecule has 0 radical (unpaired) electrons. The summed E-state index contributed by atoms with van der Waals surface area (Å²) in [5.41, 5.74) is 0.926. The monoisotopic (exact) mass is 235 g/mol.